The Hall–Kier alpha value is -3.61. The van der Waals surface area contributed by atoms with E-state index in [9.17, 15) is 19.5 Å². The van der Waals surface area contributed by atoms with Crippen LogP contribution in [0.4, 0.5) is 0 Å². The monoisotopic (exact) mass is 423 g/mol. The van der Waals surface area contributed by atoms with E-state index in [4.69, 9.17) is 9.15 Å². The molecule has 1 amide bonds. The van der Waals surface area contributed by atoms with Gasteiger partial charge in [-0.2, -0.15) is 0 Å². The lowest BCUT2D eigenvalue weighted by Gasteiger charge is -2.19. The van der Waals surface area contributed by atoms with Crippen LogP contribution in [0.25, 0.3) is 11.0 Å². The van der Waals surface area contributed by atoms with E-state index in [1.54, 1.807) is 30.3 Å². The number of aryl methyl sites for hydroxylation is 1. The molecule has 7 nitrogen and oxygen atoms in total. The zero-order chi connectivity index (χ0) is 22.4. The highest BCUT2D eigenvalue weighted by atomic mass is 16.5. The number of nitrogens with one attached hydrogen (secondary N) is 1. The summed E-state index contributed by atoms with van der Waals surface area (Å²) >= 11 is 0. The molecule has 2 atom stereocenters. The van der Waals surface area contributed by atoms with Crippen LogP contribution < -0.4 is 15.7 Å². The number of carbonyl (C=O) groups is 2. The maximum atomic E-state index is 12.5. The average molecular weight is 423 g/mol. The van der Waals surface area contributed by atoms with Crippen LogP contribution in [0.2, 0.25) is 0 Å². The van der Waals surface area contributed by atoms with E-state index in [0.717, 1.165) is 29.4 Å². The first-order valence-corrected chi connectivity index (χ1v) is 10.2. The normalized spacial score (nSPS) is 12.8. The number of carboxylic acid groups (broad SMARTS) is 1. The lowest BCUT2D eigenvalue weighted by molar-refractivity contribution is -0.142. The highest BCUT2D eigenvalue weighted by Crippen LogP contribution is 2.24. The zero-order valence-corrected chi connectivity index (χ0v) is 17.5. The summed E-state index contributed by atoms with van der Waals surface area (Å²) < 4.78 is 11.0. The Balaban J connectivity index is 1.71. The van der Waals surface area contributed by atoms with Crippen molar-refractivity contribution in [2.24, 2.45) is 0 Å². The maximum absolute atomic E-state index is 12.5. The topological polar surface area (TPSA) is 106 Å². The second-order valence-corrected chi connectivity index (χ2v) is 7.35. The molecule has 1 heterocycles. The minimum absolute atomic E-state index is 0.163. The van der Waals surface area contributed by atoms with Crippen LogP contribution in [-0.2, 0) is 22.4 Å². The Morgan fingerprint density at radius 1 is 1.13 bits per heavy atom. The van der Waals surface area contributed by atoms with E-state index in [1.807, 2.05) is 25.1 Å². The van der Waals surface area contributed by atoms with Gasteiger partial charge in [0, 0.05) is 23.9 Å². The summed E-state index contributed by atoms with van der Waals surface area (Å²) in [5.41, 5.74) is 1.64. The Morgan fingerprint density at radius 3 is 2.55 bits per heavy atom. The summed E-state index contributed by atoms with van der Waals surface area (Å²) in [7, 11) is 0. The molecule has 0 aliphatic heterocycles. The van der Waals surface area contributed by atoms with Crippen molar-refractivity contribution >= 4 is 22.8 Å². The minimum atomic E-state index is -1.12. The first kappa shape index (κ1) is 22.1. The molecule has 1 aromatic heterocycles. The van der Waals surface area contributed by atoms with Crippen molar-refractivity contribution in [2.45, 2.75) is 45.3 Å². The maximum Gasteiger partial charge on any atom is 0.336 e. The first-order chi connectivity index (χ1) is 14.9. The number of amides is 1. The summed E-state index contributed by atoms with van der Waals surface area (Å²) in [5.74, 6) is -1.33. The Bertz CT molecular complexity index is 1120. The molecule has 31 heavy (non-hydrogen) atoms. The van der Waals surface area contributed by atoms with E-state index in [2.05, 4.69) is 5.32 Å². The van der Waals surface area contributed by atoms with E-state index in [-0.39, 0.29) is 6.42 Å². The van der Waals surface area contributed by atoms with Crippen molar-refractivity contribution in [1.29, 1.82) is 0 Å². The minimum Gasteiger partial charge on any atom is -0.481 e. The first-order valence-electron chi connectivity index (χ1n) is 10.2. The van der Waals surface area contributed by atoms with Crippen LogP contribution in [0, 0.1) is 0 Å². The Labute approximate surface area is 179 Å². The molecular formula is C24H25NO6. The van der Waals surface area contributed by atoms with Gasteiger partial charge in [-0.15, -0.1) is 0 Å². The third-order valence-corrected chi connectivity index (χ3v) is 4.90. The summed E-state index contributed by atoms with van der Waals surface area (Å²) in [5, 5.41) is 12.8. The van der Waals surface area contributed by atoms with Crippen LogP contribution >= 0.6 is 0 Å². The van der Waals surface area contributed by atoms with Gasteiger partial charge in [-0.25, -0.2) is 9.59 Å². The lowest BCUT2D eigenvalue weighted by Crippen LogP contribution is -2.47. The van der Waals surface area contributed by atoms with Crippen LogP contribution in [0.1, 0.15) is 31.4 Å². The molecule has 0 spiro atoms. The molecule has 0 saturated carbocycles. The highest BCUT2D eigenvalue weighted by molar-refractivity contribution is 5.87. The third-order valence-electron chi connectivity index (χ3n) is 4.90. The number of benzene rings is 2. The molecule has 0 bridgehead atoms. The average Bonchev–Trinajstić information content (AvgIpc) is 2.73. The summed E-state index contributed by atoms with van der Waals surface area (Å²) in [6, 6.07) is 14.5. The van der Waals surface area contributed by atoms with E-state index in [1.165, 1.54) is 13.0 Å². The number of carbonyl (C=O) groups excluding carboxylic acids is 1. The molecule has 3 aromatic rings. The van der Waals surface area contributed by atoms with Crippen LogP contribution in [-0.4, -0.2) is 29.1 Å². The Morgan fingerprint density at radius 2 is 1.87 bits per heavy atom. The SMILES string of the molecule is CCCc1cc(=O)oc2cc(OC(C)C(=O)N[C@@H](Cc3ccccc3)C(=O)O)ccc12. The predicted molar refractivity (Wildman–Crippen MR) is 116 cm³/mol. The molecule has 0 radical (unpaired) electrons. The van der Waals surface area contributed by atoms with Gasteiger partial charge in [-0.1, -0.05) is 43.7 Å². The molecule has 0 aliphatic carbocycles. The van der Waals surface area contributed by atoms with Gasteiger partial charge in [-0.3, -0.25) is 4.79 Å². The van der Waals surface area contributed by atoms with Gasteiger partial charge >= 0.3 is 11.6 Å². The number of fused-ring (bicyclic) bond motifs is 1. The molecular weight excluding hydrogens is 398 g/mol. The third kappa shape index (κ3) is 5.72. The standard InChI is InChI=1S/C24H25NO6/c1-3-7-17-13-22(26)31-21-14-18(10-11-19(17)21)30-15(2)23(27)25-20(24(28)29)12-16-8-5-4-6-9-16/h4-6,8-11,13-15,20H,3,7,12H2,1-2H3,(H,25,27)(H,28,29)/t15?,20-/m0/s1. The van der Waals surface area contributed by atoms with Crippen molar-refractivity contribution in [1.82, 2.24) is 5.32 Å². The van der Waals surface area contributed by atoms with Gasteiger partial charge in [-0.05, 0) is 36.6 Å². The fourth-order valence-electron chi connectivity index (χ4n) is 3.36. The molecule has 2 aromatic carbocycles. The van der Waals surface area contributed by atoms with Crippen LogP contribution in [0.5, 0.6) is 5.75 Å². The molecule has 0 fully saturated rings. The smallest absolute Gasteiger partial charge is 0.336 e. The number of carboxylic acids is 1. The fourth-order valence-corrected chi connectivity index (χ4v) is 3.36. The molecule has 7 heteroatoms. The fraction of sp³-hybridized carbons (Fsp3) is 0.292. The van der Waals surface area contributed by atoms with Crippen LogP contribution in [0.3, 0.4) is 0 Å². The van der Waals surface area contributed by atoms with Crippen molar-refractivity contribution in [3.05, 3.63) is 76.1 Å². The van der Waals surface area contributed by atoms with Gasteiger partial charge < -0.3 is 19.6 Å². The summed E-state index contributed by atoms with van der Waals surface area (Å²) in [4.78, 5) is 36.0. The number of ether oxygens (including phenoxy) is 1. The largest absolute Gasteiger partial charge is 0.481 e. The van der Waals surface area contributed by atoms with Gasteiger partial charge in [0.05, 0.1) is 0 Å². The van der Waals surface area contributed by atoms with E-state index < -0.39 is 29.6 Å². The summed E-state index contributed by atoms with van der Waals surface area (Å²) in [6.45, 7) is 3.56. The second-order valence-electron chi connectivity index (χ2n) is 7.35. The summed E-state index contributed by atoms with van der Waals surface area (Å²) in [6.07, 6.45) is 0.859. The number of hydrogen-bond acceptors (Lipinski definition) is 5. The van der Waals surface area contributed by atoms with Gasteiger partial charge in [0.25, 0.3) is 5.91 Å². The van der Waals surface area contributed by atoms with Gasteiger partial charge in [0.2, 0.25) is 0 Å². The van der Waals surface area contributed by atoms with Crippen molar-refractivity contribution in [3.8, 4) is 5.75 Å². The zero-order valence-electron chi connectivity index (χ0n) is 17.5. The molecule has 1 unspecified atom stereocenters. The van der Waals surface area contributed by atoms with E-state index in [0.29, 0.717) is 11.3 Å². The second kappa shape index (κ2) is 9.93. The predicted octanol–water partition coefficient (Wildman–Crippen LogP) is 3.32. The lowest BCUT2D eigenvalue weighted by atomic mass is 10.1. The molecule has 162 valence electrons. The molecule has 2 N–H and O–H groups in total. The molecule has 0 saturated heterocycles. The number of rotatable bonds is 9. The van der Waals surface area contributed by atoms with Crippen molar-refractivity contribution in [2.75, 3.05) is 0 Å². The van der Waals surface area contributed by atoms with Gasteiger partial charge in [0.15, 0.2) is 6.10 Å². The number of aliphatic carboxylic acids is 1. The Kier molecular flexibility index (Phi) is 7.07. The quantitative estimate of drug-likeness (QED) is 0.512. The van der Waals surface area contributed by atoms with Crippen LogP contribution in [0.15, 0.2) is 63.8 Å². The molecule has 0 aliphatic rings. The highest BCUT2D eigenvalue weighted by Gasteiger charge is 2.24. The molecule has 3 rings (SSSR count). The van der Waals surface area contributed by atoms with Crippen molar-refractivity contribution in [3.63, 3.8) is 0 Å². The van der Waals surface area contributed by atoms with Crippen molar-refractivity contribution < 1.29 is 23.8 Å². The number of hydrogen-bond donors (Lipinski definition) is 2. The van der Waals surface area contributed by atoms with Gasteiger partial charge in [0.1, 0.15) is 17.4 Å². The van der Waals surface area contributed by atoms with E-state index >= 15 is 0 Å².